The molecule has 1 saturated heterocycles. The van der Waals surface area contributed by atoms with Gasteiger partial charge in [0.15, 0.2) is 0 Å². The minimum Gasteiger partial charge on any atom is -0.497 e. The Balaban J connectivity index is 1.53. The van der Waals surface area contributed by atoms with Crippen molar-refractivity contribution in [1.82, 2.24) is 15.2 Å². The smallest absolute Gasteiger partial charge is 0.234 e. The summed E-state index contributed by atoms with van der Waals surface area (Å²) in [5, 5.41) is 4.20. The van der Waals surface area contributed by atoms with Crippen LogP contribution in [0.3, 0.4) is 0 Å². The van der Waals surface area contributed by atoms with Gasteiger partial charge in [-0.2, -0.15) is 0 Å². The molecule has 31 heavy (non-hydrogen) atoms. The van der Waals surface area contributed by atoms with Gasteiger partial charge >= 0.3 is 0 Å². The first-order valence-corrected chi connectivity index (χ1v) is 10.6. The molecule has 2 aromatic carbocycles. The van der Waals surface area contributed by atoms with Crippen LogP contribution in [0, 0.1) is 0 Å². The van der Waals surface area contributed by atoms with Crippen molar-refractivity contribution < 1.29 is 14.3 Å². The van der Waals surface area contributed by atoms with Gasteiger partial charge in [-0.25, -0.2) is 0 Å². The van der Waals surface area contributed by atoms with Gasteiger partial charge in [0.25, 0.3) is 0 Å². The van der Waals surface area contributed by atoms with Crippen molar-refractivity contribution in [2.75, 3.05) is 26.7 Å². The second kappa shape index (κ2) is 9.22. The Morgan fingerprint density at radius 3 is 2.74 bits per heavy atom. The van der Waals surface area contributed by atoms with Crippen molar-refractivity contribution in [3.8, 4) is 5.75 Å². The van der Waals surface area contributed by atoms with Crippen LogP contribution in [0.1, 0.15) is 29.9 Å². The summed E-state index contributed by atoms with van der Waals surface area (Å²) in [7, 11) is 1.64. The summed E-state index contributed by atoms with van der Waals surface area (Å²) in [6.07, 6.45) is 3.60. The molecule has 1 aliphatic heterocycles. The molecule has 7 heteroatoms. The molecule has 0 bridgehead atoms. The van der Waals surface area contributed by atoms with Crippen molar-refractivity contribution in [2.45, 2.75) is 24.8 Å². The molecule has 0 aliphatic carbocycles. The Bertz CT molecular complexity index is 1060. The number of fused-ring (bicyclic) bond motifs is 1. The van der Waals surface area contributed by atoms with Crippen LogP contribution in [0.5, 0.6) is 5.75 Å². The summed E-state index contributed by atoms with van der Waals surface area (Å²) >= 11 is 0. The number of carbonyl (C=O) groups excluding carboxylic acids is 2. The maximum Gasteiger partial charge on any atom is 0.234 e. The molecule has 4 N–H and O–H groups in total. The summed E-state index contributed by atoms with van der Waals surface area (Å²) in [6.45, 7) is 1.34. The molecule has 2 amide bonds. The average Bonchev–Trinajstić information content (AvgIpc) is 3.42. The van der Waals surface area contributed by atoms with Crippen molar-refractivity contribution in [1.29, 1.82) is 0 Å². The number of nitrogens with zero attached hydrogens (tertiary/aromatic N) is 1. The fourth-order valence-corrected chi connectivity index (χ4v) is 4.42. The van der Waals surface area contributed by atoms with E-state index in [-0.39, 0.29) is 30.3 Å². The SMILES string of the molecule is COc1ccc(C(CNC(=O)CN2CCCC2C(N)=O)c2c[nH]c3ccccc23)cc1. The van der Waals surface area contributed by atoms with Crippen LogP contribution in [-0.2, 0) is 9.59 Å². The fourth-order valence-electron chi connectivity index (χ4n) is 4.42. The summed E-state index contributed by atoms with van der Waals surface area (Å²) in [5.41, 5.74) is 8.74. The van der Waals surface area contributed by atoms with E-state index in [0.717, 1.165) is 34.2 Å². The van der Waals surface area contributed by atoms with E-state index < -0.39 is 0 Å². The summed E-state index contributed by atoms with van der Waals surface area (Å²) in [5.74, 6) is 0.292. The lowest BCUT2D eigenvalue weighted by molar-refractivity contribution is -0.125. The number of amides is 2. The largest absolute Gasteiger partial charge is 0.497 e. The van der Waals surface area contributed by atoms with Crippen molar-refractivity contribution in [3.63, 3.8) is 0 Å². The molecule has 1 fully saturated rings. The lowest BCUT2D eigenvalue weighted by atomic mass is 9.90. The predicted octanol–water partition coefficient (Wildman–Crippen LogP) is 2.37. The molecule has 1 aliphatic rings. The maximum absolute atomic E-state index is 12.7. The molecule has 162 valence electrons. The Kier molecular flexibility index (Phi) is 6.23. The van der Waals surface area contributed by atoms with E-state index in [1.165, 1.54) is 0 Å². The maximum atomic E-state index is 12.7. The van der Waals surface area contributed by atoms with Gasteiger partial charge in [-0.05, 0) is 48.7 Å². The van der Waals surface area contributed by atoms with Gasteiger partial charge < -0.3 is 20.8 Å². The standard InChI is InChI=1S/C24H28N4O3/c1-31-17-10-8-16(9-11-17)19(20-14-26-21-6-3-2-5-18(20)21)13-27-23(29)15-28-12-4-7-22(28)24(25)30/h2-3,5-6,8-11,14,19,22,26H,4,7,12-13,15H2,1H3,(H2,25,30)(H,27,29). The van der Waals surface area contributed by atoms with Gasteiger partial charge in [-0.1, -0.05) is 30.3 Å². The van der Waals surface area contributed by atoms with Crippen molar-refractivity contribution >= 4 is 22.7 Å². The Morgan fingerprint density at radius 1 is 1.23 bits per heavy atom. The van der Waals surface area contributed by atoms with E-state index in [9.17, 15) is 9.59 Å². The highest BCUT2D eigenvalue weighted by Crippen LogP contribution is 2.31. The van der Waals surface area contributed by atoms with Gasteiger partial charge in [0.1, 0.15) is 5.75 Å². The molecule has 2 atom stereocenters. The van der Waals surface area contributed by atoms with Crippen molar-refractivity contribution in [2.24, 2.45) is 5.73 Å². The first kappa shape index (κ1) is 20.9. The lowest BCUT2D eigenvalue weighted by Gasteiger charge is -2.23. The number of hydrogen-bond donors (Lipinski definition) is 3. The monoisotopic (exact) mass is 420 g/mol. The number of rotatable bonds is 8. The van der Waals surface area contributed by atoms with Crippen LogP contribution in [0.4, 0.5) is 0 Å². The van der Waals surface area contributed by atoms with E-state index in [4.69, 9.17) is 10.5 Å². The number of hydrogen-bond acceptors (Lipinski definition) is 4. The topological polar surface area (TPSA) is 100 Å². The Hall–Kier alpha value is -3.32. The van der Waals surface area contributed by atoms with Crippen LogP contribution in [0.2, 0.25) is 0 Å². The minimum absolute atomic E-state index is 0.0310. The van der Waals surface area contributed by atoms with Gasteiger partial charge in [-0.15, -0.1) is 0 Å². The zero-order chi connectivity index (χ0) is 21.8. The van der Waals surface area contributed by atoms with E-state index >= 15 is 0 Å². The molecule has 2 heterocycles. The van der Waals surface area contributed by atoms with Gasteiger partial charge in [-0.3, -0.25) is 14.5 Å². The second-order valence-corrected chi connectivity index (χ2v) is 7.95. The second-order valence-electron chi connectivity index (χ2n) is 7.95. The van der Waals surface area contributed by atoms with Gasteiger partial charge in [0, 0.05) is 29.6 Å². The molecule has 0 spiro atoms. The highest BCUT2D eigenvalue weighted by atomic mass is 16.5. The Morgan fingerprint density at radius 2 is 2.00 bits per heavy atom. The Labute approximate surface area is 181 Å². The molecular formula is C24H28N4O3. The van der Waals surface area contributed by atoms with E-state index in [2.05, 4.69) is 16.4 Å². The van der Waals surface area contributed by atoms with E-state index in [1.54, 1.807) is 7.11 Å². The third-order valence-electron chi connectivity index (χ3n) is 6.06. The number of aromatic nitrogens is 1. The third-order valence-corrected chi connectivity index (χ3v) is 6.06. The molecule has 0 radical (unpaired) electrons. The fraction of sp³-hybridized carbons (Fsp3) is 0.333. The van der Waals surface area contributed by atoms with E-state index in [1.807, 2.05) is 53.6 Å². The van der Waals surface area contributed by atoms with Gasteiger partial charge in [0.05, 0.1) is 19.7 Å². The minimum atomic E-state index is -0.361. The molecule has 7 nitrogen and oxygen atoms in total. The van der Waals surface area contributed by atoms with Crippen LogP contribution in [-0.4, -0.2) is 54.5 Å². The van der Waals surface area contributed by atoms with Crippen LogP contribution < -0.4 is 15.8 Å². The predicted molar refractivity (Wildman–Crippen MR) is 120 cm³/mol. The number of aromatic amines is 1. The third kappa shape index (κ3) is 4.56. The van der Waals surface area contributed by atoms with Crippen LogP contribution >= 0.6 is 0 Å². The molecule has 2 unspecified atom stereocenters. The number of likely N-dealkylation sites (tertiary alicyclic amines) is 1. The highest BCUT2D eigenvalue weighted by Gasteiger charge is 2.30. The number of H-pyrrole nitrogens is 1. The summed E-state index contributed by atoms with van der Waals surface area (Å²) in [6, 6.07) is 15.7. The summed E-state index contributed by atoms with van der Waals surface area (Å²) < 4.78 is 5.29. The zero-order valence-electron chi connectivity index (χ0n) is 17.6. The number of carbonyl (C=O) groups is 2. The molecular weight excluding hydrogens is 392 g/mol. The number of para-hydroxylation sites is 1. The molecule has 4 rings (SSSR count). The number of nitrogens with one attached hydrogen (secondary N) is 2. The van der Waals surface area contributed by atoms with Crippen LogP contribution in [0.15, 0.2) is 54.7 Å². The normalized spacial score (nSPS) is 17.5. The first-order chi connectivity index (χ1) is 15.1. The number of primary amides is 1. The first-order valence-electron chi connectivity index (χ1n) is 10.6. The average molecular weight is 421 g/mol. The summed E-state index contributed by atoms with van der Waals surface area (Å²) in [4.78, 5) is 29.5. The molecule has 3 aromatic rings. The van der Waals surface area contributed by atoms with Crippen molar-refractivity contribution in [3.05, 3.63) is 65.9 Å². The number of methoxy groups -OCH3 is 1. The molecule has 0 saturated carbocycles. The zero-order valence-corrected chi connectivity index (χ0v) is 17.6. The number of benzene rings is 2. The quantitative estimate of drug-likeness (QED) is 0.521. The van der Waals surface area contributed by atoms with Crippen LogP contribution in [0.25, 0.3) is 10.9 Å². The molecule has 1 aromatic heterocycles. The lowest BCUT2D eigenvalue weighted by Crippen LogP contribution is -2.45. The highest BCUT2D eigenvalue weighted by molar-refractivity contribution is 5.85. The number of nitrogens with two attached hydrogens (primary N) is 1. The van der Waals surface area contributed by atoms with E-state index in [0.29, 0.717) is 19.5 Å². The van der Waals surface area contributed by atoms with Gasteiger partial charge in [0.2, 0.25) is 11.8 Å². The number of ether oxygens (including phenoxy) is 1.